The Labute approximate surface area is 92.3 Å². The molecule has 14 heavy (non-hydrogen) atoms. The number of hydrogen-bond acceptors (Lipinski definition) is 4. The standard InChI is InChI=1S/C8H12Cl2O4/c9-1-5-3-11-7(13-5)8-12-4-6(2-10)14-8/h5-8H,1-4H2. The van der Waals surface area contributed by atoms with Crippen LogP contribution in [0.3, 0.4) is 0 Å². The second kappa shape index (κ2) is 4.96. The second-order valence-electron chi connectivity index (χ2n) is 3.23. The van der Waals surface area contributed by atoms with Gasteiger partial charge in [0.15, 0.2) is 0 Å². The Morgan fingerprint density at radius 1 is 0.857 bits per heavy atom. The van der Waals surface area contributed by atoms with Crippen molar-refractivity contribution in [3.05, 3.63) is 0 Å². The highest BCUT2D eigenvalue weighted by molar-refractivity contribution is 6.18. The molecule has 0 N–H and O–H groups in total. The molecule has 0 saturated carbocycles. The summed E-state index contributed by atoms with van der Waals surface area (Å²) in [6.45, 7) is 0.978. The van der Waals surface area contributed by atoms with Crippen molar-refractivity contribution in [2.45, 2.75) is 24.8 Å². The summed E-state index contributed by atoms with van der Waals surface area (Å²) >= 11 is 11.3. The van der Waals surface area contributed by atoms with Gasteiger partial charge in [0.25, 0.3) is 0 Å². The lowest BCUT2D eigenvalue weighted by Gasteiger charge is -2.16. The summed E-state index contributed by atoms with van der Waals surface area (Å²) in [5.74, 6) is 0.838. The fourth-order valence-corrected chi connectivity index (χ4v) is 1.71. The highest BCUT2D eigenvalue weighted by Crippen LogP contribution is 2.23. The van der Waals surface area contributed by atoms with Gasteiger partial charge in [0.2, 0.25) is 12.6 Å². The van der Waals surface area contributed by atoms with Gasteiger partial charge in [-0.1, -0.05) is 0 Å². The van der Waals surface area contributed by atoms with Gasteiger partial charge in [0.05, 0.1) is 37.2 Å². The lowest BCUT2D eigenvalue weighted by molar-refractivity contribution is -0.211. The van der Waals surface area contributed by atoms with Crippen LogP contribution >= 0.6 is 23.2 Å². The first-order valence-electron chi connectivity index (χ1n) is 4.49. The molecule has 0 aliphatic carbocycles. The quantitative estimate of drug-likeness (QED) is 0.691. The van der Waals surface area contributed by atoms with Gasteiger partial charge >= 0.3 is 0 Å². The molecule has 0 aromatic carbocycles. The van der Waals surface area contributed by atoms with E-state index in [2.05, 4.69) is 0 Å². The average Bonchev–Trinajstić information content (AvgIpc) is 2.86. The molecule has 2 aliphatic rings. The van der Waals surface area contributed by atoms with Gasteiger partial charge in [-0.15, -0.1) is 23.2 Å². The number of halogens is 2. The van der Waals surface area contributed by atoms with Gasteiger partial charge in [0, 0.05) is 0 Å². The predicted molar refractivity (Wildman–Crippen MR) is 50.7 cm³/mol. The van der Waals surface area contributed by atoms with Gasteiger partial charge < -0.3 is 18.9 Å². The minimum Gasteiger partial charge on any atom is -0.345 e. The third-order valence-electron chi connectivity index (χ3n) is 2.11. The first-order chi connectivity index (χ1) is 6.83. The van der Waals surface area contributed by atoms with E-state index >= 15 is 0 Å². The minimum atomic E-state index is -0.466. The van der Waals surface area contributed by atoms with Crippen LogP contribution < -0.4 is 0 Å². The van der Waals surface area contributed by atoms with Crippen LogP contribution in [0.4, 0.5) is 0 Å². The van der Waals surface area contributed by atoms with E-state index in [1.807, 2.05) is 0 Å². The van der Waals surface area contributed by atoms with E-state index < -0.39 is 12.6 Å². The third-order valence-corrected chi connectivity index (χ3v) is 2.80. The van der Waals surface area contributed by atoms with Gasteiger partial charge in [-0.2, -0.15) is 0 Å². The lowest BCUT2D eigenvalue weighted by Crippen LogP contribution is -2.29. The predicted octanol–water partition coefficient (Wildman–Crippen LogP) is 0.947. The molecule has 82 valence electrons. The Kier molecular flexibility index (Phi) is 3.87. The van der Waals surface area contributed by atoms with Crippen molar-refractivity contribution >= 4 is 23.2 Å². The summed E-state index contributed by atoms with van der Waals surface area (Å²) in [4.78, 5) is 0. The maximum absolute atomic E-state index is 5.63. The van der Waals surface area contributed by atoms with Crippen LogP contribution in [-0.2, 0) is 18.9 Å². The zero-order valence-electron chi connectivity index (χ0n) is 7.53. The van der Waals surface area contributed by atoms with Crippen molar-refractivity contribution in [2.75, 3.05) is 25.0 Å². The molecule has 0 spiro atoms. The molecule has 0 bridgehead atoms. The van der Waals surface area contributed by atoms with Crippen LogP contribution in [0.2, 0.25) is 0 Å². The Morgan fingerprint density at radius 3 is 1.57 bits per heavy atom. The summed E-state index contributed by atoms with van der Waals surface area (Å²) in [5.41, 5.74) is 0. The molecule has 0 aromatic rings. The Morgan fingerprint density at radius 2 is 1.29 bits per heavy atom. The van der Waals surface area contributed by atoms with Crippen molar-refractivity contribution in [1.29, 1.82) is 0 Å². The molecule has 4 nitrogen and oxygen atoms in total. The average molecular weight is 243 g/mol. The largest absolute Gasteiger partial charge is 0.345 e. The molecule has 2 rings (SSSR count). The van der Waals surface area contributed by atoms with Crippen LogP contribution in [0.1, 0.15) is 0 Å². The SMILES string of the molecule is ClCC1COC(C2OCC(CCl)O2)O1. The summed E-state index contributed by atoms with van der Waals surface area (Å²) in [5, 5.41) is 0. The molecule has 0 amide bonds. The molecule has 2 fully saturated rings. The smallest absolute Gasteiger partial charge is 0.209 e. The number of alkyl halides is 2. The van der Waals surface area contributed by atoms with Crippen molar-refractivity contribution in [3.63, 3.8) is 0 Å². The van der Waals surface area contributed by atoms with Crippen molar-refractivity contribution in [1.82, 2.24) is 0 Å². The minimum absolute atomic E-state index is 0.0658. The molecular weight excluding hydrogens is 231 g/mol. The van der Waals surface area contributed by atoms with E-state index in [0.29, 0.717) is 25.0 Å². The Hall–Kier alpha value is 0.420. The fourth-order valence-electron chi connectivity index (χ4n) is 1.39. The Bertz CT molecular complexity index is 172. The van der Waals surface area contributed by atoms with Gasteiger partial charge in [-0.3, -0.25) is 0 Å². The fraction of sp³-hybridized carbons (Fsp3) is 1.00. The summed E-state index contributed by atoms with van der Waals surface area (Å²) in [7, 11) is 0. The van der Waals surface area contributed by atoms with E-state index in [4.69, 9.17) is 42.1 Å². The van der Waals surface area contributed by atoms with Gasteiger partial charge in [-0.05, 0) is 0 Å². The topological polar surface area (TPSA) is 36.9 Å². The maximum Gasteiger partial charge on any atom is 0.209 e. The Balaban J connectivity index is 1.80. The van der Waals surface area contributed by atoms with E-state index in [1.165, 1.54) is 0 Å². The highest BCUT2D eigenvalue weighted by atomic mass is 35.5. The molecule has 0 radical (unpaired) electrons. The zero-order valence-corrected chi connectivity index (χ0v) is 9.04. The van der Waals surface area contributed by atoms with Crippen LogP contribution in [0.15, 0.2) is 0 Å². The summed E-state index contributed by atoms with van der Waals surface area (Å²) in [6, 6.07) is 0. The highest BCUT2D eigenvalue weighted by Gasteiger charge is 2.38. The van der Waals surface area contributed by atoms with Crippen molar-refractivity contribution in [3.8, 4) is 0 Å². The van der Waals surface area contributed by atoms with Crippen LogP contribution in [0.5, 0.6) is 0 Å². The van der Waals surface area contributed by atoms with Gasteiger partial charge in [0.1, 0.15) is 0 Å². The molecular formula is C8H12Cl2O4. The number of ether oxygens (including phenoxy) is 4. The second-order valence-corrected chi connectivity index (χ2v) is 3.85. The monoisotopic (exact) mass is 242 g/mol. The molecule has 2 saturated heterocycles. The van der Waals surface area contributed by atoms with E-state index in [0.717, 1.165) is 0 Å². The lowest BCUT2D eigenvalue weighted by atomic mass is 10.4. The van der Waals surface area contributed by atoms with Gasteiger partial charge in [-0.25, -0.2) is 0 Å². The van der Waals surface area contributed by atoms with Crippen LogP contribution in [0.25, 0.3) is 0 Å². The normalized spacial score (nSPS) is 43.3. The molecule has 6 heteroatoms. The van der Waals surface area contributed by atoms with E-state index in [1.54, 1.807) is 0 Å². The first kappa shape index (κ1) is 10.9. The number of hydrogen-bond donors (Lipinski definition) is 0. The summed E-state index contributed by atoms with van der Waals surface area (Å²) in [6.07, 6.45) is -1.06. The van der Waals surface area contributed by atoms with Crippen LogP contribution in [0, 0.1) is 0 Å². The first-order valence-corrected chi connectivity index (χ1v) is 5.56. The number of rotatable bonds is 3. The molecule has 0 aromatic heterocycles. The molecule has 2 heterocycles. The third kappa shape index (κ3) is 2.32. The molecule has 4 unspecified atom stereocenters. The summed E-state index contributed by atoms with van der Waals surface area (Å²) < 4.78 is 21.5. The maximum atomic E-state index is 5.63. The van der Waals surface area contributed by atoms with E-state index in [-0.39, 0.29) is 12.2 Å². The van der Waals surface area contributed by atoms with Crippen molar-refractivity contribution in [2.24, 2.45) is 0 Å². The zero-order chi connectivity index (χ0) is 9.97. The van der Waals surface area contributed by atoms with Crippen LogP contribution in [-0.4, -0.2) is 49.8 Å². The van der Waals surface area contributed by atoms with Crippen molar-refractivity contribution < 1.29 is 18.9 Å². The van der Waals surface area contributed by atoms with E-state index in [9.17, 15) is 0 Å². The molecule has 4 atom stereocenters. The molecule has 2 aliphatic heterocycles.